The van der Waals surface area contributed by atoms with E-state index in [1.54, 1.807) is 0 Å². The Balaban J connectivity index is 1.93. The van der Waals surface area contributed by atoms with Gasteiger partial charge in [0.15, 0.2) is 5.58 Å². The molecule has 0 aliphatic carbocycles. The number of para-hydroxylation sites is 2. The zero-order valence-corrected chi connectivity index (χ0v) is 12.9. The van der Waals surface area contributed by atoms with E-state index < -0.39 is 0 Å². The normalized spacial score (nSPS) is 11.3. The minimum Gasteiger partial charge on any atom is -0.423 e. The van der Waals surface area contributed by atoms with Gasteiger partial charge in [0.05, 0.1) is 11.2 Å². The molecular weight excluding hydrogens is 296 g/mol. The molecule has 0 spiro atoms. The molecule has 114 valence electrons. The zero-order chi connectivity index (χ0) is 15.9. The number of benzene rings is 3. The van der Waals surface area contributed by atoms with Crippen molar-refractivity contribution >= 4 is 16.9 Å². The van der Waals surface area contributed by atoms with Crippen molar-refractivity contribution in [2.45, 2.75) is 0 Å². The molecule has 0 aliphatic heterocycles. The Kier molecular flexibility index (Phi) is 2.79. The van der Waals surface area contributed by atoms with Crippen molar-refractivity contribution in [3.8, 4) is 22.5 Å². The molecular formula is C21H14N2O. The number of rotatable bonds is 2. The molecule has 0 radical (unpaired) electrons. The lowest BCUT2D eigenvalue weighted by Gasteiger charge is -2.05. The standard InChI is InChI=1S/C21H14N2O/c1-3-9-15(10-4-1)19-20(16-11-5-2-6-12-16)23-17-13-7-8-14-18(17)24-21(23)22-19/h1-14H. The van der Waals surface area contributed by atoms with Gasteiger partial charge in [-0.1, -0.05) is 72.8 Å². The predicted octanol–water partition coefficient (Wildman–Crippen LogP) is 5.41. The summed E-state index contributed by atoms with van der Waals surface area (Å²) in [5, 5.41) is 0. The third-order valence-corrected chi connectivity index (χ3v) is 4.25. The number of oxazole rings is 1. The van der Waals surface area contributed by atoms with E-state index in [9.17, 15) is 0 Å². The minimum atomic E-state index is 0.619. The van der Waals surface area contributed by atoms with E-state index >= 15 is 0 Å². The van der Waals surface area contributed by atoms with Gasteiger partial charge in [-0.3, -0.25) is 4.40 Å². The molecule has 0 atom stereocenters. The molecule has 24 heavy (non-hydrogen) atoms. The summed E-state index contributed by atoms with van der Waals surface area (Å²) in [5.74, 6) is 0.619. The van der Waals surface area contributed by atoms with Gasteiger partial charge in [0.1, 0.15) is 5.69 Å². The van der Waals surface area contributed by atoms with Crippen LogP contribution < -0.4 is 0 Å². The summed E-state index contributed by atoms with van der Waals surface area (Å²) in [7, 11) is 0. The van der Waals surface area contributed by atoms with Crippen LogP contribution in [-0.4, -0.2) is 9.38 Å². The van der Waals surface area contributed by atoms with E-state index in [0.717, 1.165) is 33.6 Å². The molecule has 5 aromatic rings. The molecule has 0 saturated carbocycles. The lowest BCUT2D eigenvalue weighted by atomic mass is 10.0. The second kappa shape index (κ2) is 5.10. The molecule has 0 amide bonds. The smallest absolute Gasteiger partial charge is 0.307 e. The number of hydrogen-bond donors (Lipinski definition) is 0. The van der Waals surface area contributed by atoms with Crippen LogP contribution in [0.3, 0.4) is 0 Å². The molecule has 2 aromatic heterocycles. The Morgan fingerprint density at radius 3 is 2.04 bits per heavy atom. The highest BCUT2D eigenvalue weighted by atomic mass is 16.4. The molecule has 0 aliphatic rings. The Labute approximate surface area is 138 Å². The summed E-state index contributed by atoms with van der Waals surface area (Å²) in [6, 6.07) is 28.6. The van der Waals surface area contributed by atoms with Crippen LogP contribution in [0.5, 0.6) is 0 Å². The third-order valence-electron chi connectivity index (χ3n) is 4.25. The van der Waals surface area contributed by atoms with E-state index in [2.05, 4.69) is 34.7 Å². The van der Waals surface area contributed by atoms with Crippen LogP contribution in [0.2, 0.25) is 0 Å². The Hall–Kier alpha value is -3.33. The molecule has 0 fully saturated rings. The molecule has 3 heteroatoms. The van der Waals surface area contributed by atoms with Crippen LogP contribution in [0.25, 0.3) is 39.5 Å². The lowest BCUT2D eigenvalue weighted by Crippen LogP contribution is -1.88. The monoisotopic (exact) mass is 310 g/mol. The van der Waals surface area contributed by atoms with Crippen LogP contribution in [-0.2, 0) is 0 Å². The average molecular weight is 310 g/mol. The van der Waals surface area contributed by atoms with E-state index in [1.165, 1.54) is 0 Å². The van der Waals surface area contributed by atoms with Gasteiger partial charge in [-0.2, -0.15) is 4.98 Å². The van der Waals surface area contributed by atoms with Gasteiger partial charge in [0.2, 0.25) is 0 Å². The first kappa shape index (κ1) is 13.1. The summed E-state index contributed by atoms with van der Waals surface area (Å²) in [6.45, 7) is 0. The number of nitrogens with zero attached hydrogens (tertiary/aromatic N) is 2. The minimum absolute atomic E-state index is 0.619. The number of hydrogen-bond acceptors (Lipinski definition) is 2. The van der Waals surface area contributed by atoms with Crippen LogP contribution in [0, 0.1) is 0 Å². The van der Waals surface area contributed by atoms with Crippen molar-refractivity contribution in [3.05, 3.63) is 84.9 Å². The van der Waals surface area contributed by atoms with Gasteiger partial charge in [0.25, 0.3) is 0 Å². The van der Waals surface area contributed by atoms with E-state index in [0.29, 0.717) is 5.84 Å². The van der Waals surface area contributed by atoms with E-state index in [-0.39, 0.29) is 0 Å². The predicted molar refractivity (Wildman–Crippen MR) is 95.8 cm³/mol. The Morgan fingerprint density at radius 1 is 0.667 bits per heavy atom. The molecule has 5 rings (SSSR count). The van der Waals surface area contributed by atoms with E-state index in [4.69, 9.17) is 9.40 Å². The molecule has 0 saturated heterocycles. The summed E-state index contributed by atoms with van der Waals surface area (Å²) in [5.41, 5.74) is 6.07. The van der Waals surface area contributed by atoms with E-state index in [1.807, 2.05) is 54.6 Å². The molecule has 0 bridgehead atoms. The topological polar surface area (TPSA) is 30.4 Å². The van der Waals surface area contributed by atoms with Crippen molar-refractivity contribution in [2.75, 3.05) is 0 Å². The summed E-state index contributed by atoms with van der Waals surface area (Å²) in [6.07, 6.45) is 0. The molecule has 2 heterocycles. The van der Waals surface area contributed by atoms with Crippen LogP contribution in [0.15, 0.2) is 89.3 Å². The molecule has 3 aromatic carbocycles. The zero-order valence-electron chi connectivity index (χ0n) is 12.9. The number of fused-ring (bicyclic) bond motifs is 3. The fourth-order valence-corrected chi connectivity index (χ4v) is 3.18. The number of imidazole rings is 1. The van der Waals surface area contributed by atoms with Crippen molar-refractivity contribution in [1.29, 1.82) is 0 Å². The first-order chi connectivity index (χ1) is 11.9. The third kappa shape index (κ3) is 1.88. The Bertz CT molecular complexity index is 1140. The van der Waals surface area contributed by atoms with Gasteiger partial charge in [-0.05, 0) is 12.1 Å². The van der Waals surface area contributed by atoms with Gasteiger partial charge >= 0.3 is 5.84 Å². The highest BCUT2D eigenvalue weighted by Crippen LogP contribution is 2.35. The lowest BCUT2D eigenvalue weighted by molar-refractivity contribution is 0.642. The van der Waals surface area contributed by atoms with Gasteiger partial charge in [-0.25, -0.2) is 0 Å². The maximum Gasteiger partial charge on any atom is 0.307 e. The fraction of sp³-hybridized carbons (Fsp3) is 0. The number of aromatic nitrogens is 2. The first-order valence-electron chi connectivity index (χ1n) is 7.92. The molecule has 3 nitrogen and oxygen atoms in total. The summed E-state index contributed by atoms with van der Waals surface area (Å²) in [4.78, 5) is 4.79. The quantitative estimate of drug-likeness (QED) is 0.436. The maximum atomic E-state index is 5.97. The maximum absolute atomic E-state index is 5.97. The van der Waals surface area contributed by atoms with Crippen LogP contribution in [0.1, 0.15) is 0 Å². The highest BCUT2D eigenvalue weighted by molar-refractivity contribution is 5.87. The second-order valence-electron chi connectivity index (χ2n) is 5.73. The highest BCUT2D eigenvalue weighted by Gasteiger charge is 2.20. The average Bonchev–Trinajstić information content (AvgIpc) is 3.19. The van der Waals surface area contributed by atoms with Gasteiger partial charge in [0, 0.05) is 11.1 Å². The first-order valence-corrected chi connectivity index (χ1v) is 7.92. The van der Waals surface area contributed by atoms with Crippen molar-refractivity contribution in [3.63, 3.8) is 0 Å². The Morgan fingerprint density at radius 2 is 1.29 bits per heavy atom. The van der Waals surface area contributed by atoms with Crippen LogP contribution >= 0.6 is 0 Å². The van der Waals surface area contributed by atoms with Crippen LogP contribution in [0.4, 0.5) is 0 Å². The van der Waals surface area contributed by atoms with Crippen molar-refractivity contribution in [1.82, 2.24) is 9.38 Å². The SMILES string of the molecule is c1ccc(-c2nc3oc4ccccc4n3c2-c2ccccc2)cc1. The summed E-state index contributed by atoms with van der Waals surface area (Å²) >= 11 is 0. The molecule has 0 N–H and O–H groups in total. The fourth-order valence-electron chi connectivity index (χ4n) is 3.18. The molecule has 0 unspecified atom stereocenters. The van der Waals surface area contributed by atoms with Gasteiger partial charge in [-0.15, -0.1) is 0 Å². The van der Waals surface area contributed by atoms with Crippen molar-refractivity contribution < 1.29 is 4.42 Å². The largest absolute Gasteiger partial charge is 0.423 e. The van der Waals surface area contributed by atoms with Crippen molar-refractivity contribution in [2.24, 2.45) is 0 Å². The summed E-state index contributed by atoms with van der Waals surface area (Å²) < 4.78 is 8.07. The van der Waals surface area contributed by atoms with Gasteiger partial charge < -0.3 is 4.42 Å². The second-order valence-corrected chi connectivity index (χ2v) is 5.73.